The van der Waals surface area contributed by atoms with Crippen molar-refractivity contribution in [3.8, 4) is 0 Å². The van der Waals surface area contributed by atoms with Crippen molar-refractivity contribution in [2.75, 3.05) is 19.3 Å². The van der Waals surface area contributed by atoms with E-state index in [9.17, 15) is 27.6 Å². The maximum absolute atomic E-state index is 12.6. The Balaban J connectivity index is 0.000000349. The predicted molar refractivity (Wildman–Crippen MR) is 135 cm³/mol. The summed E-state index contributed by atoms with van der Waals surface area (Å²) in [4.78, 5) is 49.5. The number of carboxylic acids is 3. The number of piperidine rings is 1. The van der Waals surface area contributed by atoms with Crippen LogP contribution in [-0.4, -0.2) is 97.3 Å². The number of carbonyl (C=O) groups excluding carboxylic acids is 1. The lowest BCUT2D eigenvalue weighted by atomic mass is 9.94. The molecule has 39 heavy (non-hydrogen) atoms. The van der Waals surface area contributed by atoms with E-state index in [1.807, 2.05) is 22.6 Å². The first-order valence-electron chi connectivity index (χ1n) is 11.9. The van der Waals surface area contributed by atoms with E-state index in [0.29, 0.717) is 31.7 Å². The van der Waals surface area contributed by atoms with Crippen molar-refractivity contribution < 1.29 is 48.0 Å². The maximum atomic E-state index is 12.6. The van der Waals surface area contributed by atoms with E-state index in [-0.39, 0.29) is 16.7 Å². The highest BCUT2D eigenvalue weighted by molar-refractivity contribution is 7.90. The van der Waals surface area contributed by atoms with E-state index in [4.69, 9.17) is 20.4 Å². The number of aliphatic carboxylic acids is 3. The molecule has 1 aliphatic rings. The molecule has 3 heterocycles. The summed E-state index contributed by atoms with van der Waals surface area (Å²) >= 11 is 0. The van der Waals surface area contributed by atoms with Crippen LogP contribution >= 0.6 is 0 Å². The first-order valence-corrected chi connectivity index (χ1v) is 13.8. The number of aromatic nitrogens is 3. The average molecular weight is 569 g/mol. The van der Waals surface area contributed by atoms with Crippen LogP contribution in [0.2, 0.25) is 0 Å². The fraction of sp³-hybridized carbons (Fsp3) is 0.500. The number of rotatable bonds is 10. The van der Waals surface area contributed by atoms with Gasteiger partial charge >= 0.3 is 17.9 Å². The second kappa shape index (κ2) is 13.3. The fourth-order valence-corrected chi connectivity index (χ4v) is 5.08. The van der Waals surface area contributed by atoms with Crippen LogP contribution in [0.1, 0.15) is 49.4 Å². The zero-order valence-corrected chi connectivity index (χ0v) is 22.4. The van der Waals surface area contributed by atoms with Crippen LogP contribution in [0.4, 0.5) is 0 Å². The fourth-order valence-electron chi connectivity index (χ4n) is 4.16. The summed E-state index contributed by atoms with van der Waals surface area (Å²) in [6.45, 7) is 3.73. The Morgan fingerprint density at radius 1 is 1.08 bits per heavy atom. The molecule has 2 aromatic heterocycles. The highest BCUT2D eigenvalue weighted by atomic mass is 32.2. The van der Waals surface area contributed by atoms with Gasteiger partial charge in [0, 0.05) is 56.3 Å². The molecule has 214 valence electrons. The molecule has 4 N–H and O–H groups in total. The summed E-state index contributed by atoms with van der Waals surface area (Å²) in [5.74, 6) is -5.00. The number of hydrogen-bond donors (Lipinski definition) is 4. The van der Waals surface area contributed by atoms with E-state index >= 15 is 0 Å². The Morgan fingerprint density at radius 2 is 1.72 bits per heavy atom. The number of nitrogens with zero attached hydrogens (tertiary/aromatic N) is 4. The molecule has 1 aliphatic heterocycles. The topological polar surface area (TPSA) is 217 Å². The lowest BCUT2D eigenvalue weighted by Crippen LogP contribution is -2.42. The minimum atomic E-state index is -3.34. The normalized spacial score (nSPS) is 15.7. The monoisotopic (exact) mass is 568 g/mol. The van der Waals surface area contributed by atoms with Crippen LogP contribution in [0.5, 0.6) is 0 Å². The van der Waals surface area contributed by atoms with Gasteiger partial charge in [-0.05, 0) is 38.0 Å². The number of likely N-dealkylation sites (tertiary alicyclic amines) is 1. The second-order valence-electron chi connectivity index (χ2n) is 9.26. The number of pyridine rings is 1. The number of aryl methyl sites for hydroxylation is 2. The third-order valence-corrected chi connectivity index (χ3v) is 7.26. The van der Waals surface area contributed by atoms with Crippen molar-refractivity contribution in [1.29, 1.82) is 0 Å². The molecule has 15 heteroatoms. The molecular formula is C24H32N4O10S. The summed E-state index contributed by atoms with van der Waals surface area (Å²) in [5, 5.41) is 38.0. The highest BCUT2D eigenvalue weighted by Gasteiger charge is 2.40. The van der Waals surface area contributed by atoms with E-state index < -0.39 is 46.2 Å². The van der Waals surface area contributed by atoms with Crippen LogP contribution in [0.25, 0.3) is 0 Å². The quantitative estimate of drug-likeness (QED) is 0.309. The van der Waals surface area contributed by atoms with Crippen molar-refractivity contribution in [2.24, 2.45) is 0 Å². The van der Waals surface area contributed by atoms with Crippen LogP contribution < -0.4 is 0 Å². The van der Waals surface area contributed by atoms with Gasteiger partial charge in [0.2, 0.25) is 5.91 Å². The lowest BCUT2D eigenvalue weighted by molar-refractivity contribution is -0.170. The van der Waals surface area contributed by atoms with E-state index in [0.717, 1.165) is 18.5 Å². The third-order valence-electron chi connectivity index (χ3n) is 6.11. The number of carbonyl (C=O) groups is 4. The van der Waals surface area contributed by atoms with Gasteiger partial charge in [0.25, 0.3) is 0 Å². The minimum absolute atomic E-state index is 0.0509. The van der Waals surface area contributed by atoms with Crippen molar-refractivity contribution in [2.45, 2.75) is 62.0 Å². The van der Waals surface area contributed by atoms with Crippen molar-refractivity contribution >= 4 is 33.7 Å². The summed E-state index contributed by atoms with van der Waals surface area (Å²) in [7, 11) is -3.34. The van der Waals surface area contributed by atoms with Crippen LogP contribution in [-0.2, 0) is 35.6 Å². The third kappa shape index (κ3) is 9.14. The maximum Gasteiger partial charge on any atom is 0.336 e. The lowest BCUT2D eigenvalue weighted by Gasteiger charge is -2.33. The number of sulfone groups is 1. The average Bonchev–Trinajstić information content (AvgIpc) is 3.26. The summed E-state index contributed by atoms with van der Waals surface area (Å²) in [6, 6.07) is 5.14. The molecule has 1 fully saturated rings. The number of amides is 1. The molecule has 0 aliphatic carbocycles. The Kier molecular flexibility index (Phi) is 10.7. The van der Waals surface area contributed by atoms with Gasteiger partial charge < -0.3 is 25.3 Å². The molecule has 0 aromatic carbocycles. The largest absolute Gasteiger partial charge is 0.481 e. The van der Waals surface area contributed by atoms with Crippen molar-refractivity contribution in [3.05, 3.63) is 42.0 Å². The van der Waals surface area contributed by atoms with E-state index in [1.54, 1.807) is 24.5 Å². The summed E-state index contributed by atoms with van der Waals surface area (Å²) in [5.41, 5.74) is -1.13. The second-order valence-corrected chi connectivity index (χ2v) is 11.2. The molecular weight excluding hydrogens is 536 g/mol. The standard InChI is InChI=1S/C18H24N4O3S.C6H8O7/c1-14-7-10-20-22(14)12-8-17(23)21-11-4-5-15(13-21)18-16(26(2,24)25)6-3-9-19-18;7-3(8)1-6(13,5(11)12)2-4(9)10/h3,6-7,9-10,15H,4-5,8,11-13H2,1-2H3;13H,1-2H2,(H,7,8)(H,9,10)(H,11,12). The molecule has 1 saturated heterocycles. The zero-order valence-electron chi connectivity index (χ0n) is 21.6. The van der Waals surface area contributed by atoms with Crippen LogP contribution in [0.3, 0.4) is 0 Å². The Labute approximate surface area is 224 Å². The van der Waals surface area contributed by atoms with Gasteiger partial charge in [0.15, 0.2) is 15.4 Å². The first-order chi connectivity index (χ1) is 18.1. The first kappa shape index (κ1) is 31.4. The molecule has 0 bridgehead atoms. The number of hydrogen-bond acceptors (Lipinski definition) is 9. The highest BCUT2D eigenvalue weighted by Crippen LogP contribution is 2.30. The summed E-state index contributed by atoms with van der Waals surface area (Å²) < 4.78 is 25.9. The van der Waals surface area contributed by atoms with Gasteiger partial charge in [-0.2, -0.15) is 5.10 Å². The van der Waals surface area contributed by atoms with Gasteiger partial charge in [0.1, 0.15) is 0 Å². The van der Waals surface area contributed by atoms with Gasteiger partial charge in [-0.15, -0.1) is 0 Å². The van der Waals surface area contributed by atoms with Crippen LogP contribution in [0, 0.1) is 6.92 Å². The van der Waals surface area contributed by atoms with Gasteiger partial charge in [-0.25, -0.2) is 13.2 Å². The Hall–Kier alpha value is -3.85. The molecule has 14 nitrogen and oxygen atoms in total. The Bertz CT molecular complexity index is 1290. The zero-order chi connectivity index (χ0) is 29.4. The van der Waals surface area contributed by atoms with E-state index in [1.165, 1.54) is 6.26 Å². The van der Waals surface area contributed by atoms with Crippen molar-refractivity contribution in [1.82, 2.24) is 19.7 Å². The minimum Gasteiger partial charge on any atom is -0.481 e. The summed E-state index contributed by atoms with van der Waals surface area (Å²) in [6.07, 6.45) is 4.32. The molecule has 2 aromatic rings. The van der Waals surface area contributed by atoms with Gasteiger partial charge in [-0.3, -0.25) is 24.0 Å². The molecule has 0 radical (unpaired) electrons. The number of carboxylic acid groups (broad SMARTS) is 3. The SMILES string of the molecule is Cc1ccnn1CCC(=O)N1CCCC(c2ncccc2S(C)(=O)=O)C1.O=C(O)CC(O)(CC(=O)O)C(=O)O. The molecule has 1 atom stereocenters. The van der Waals surface area contributed by atoms with Gasteiger partial charge in [0.05, 0.1) is 23.4 Å². The smallest absolute Gasteiger partial charge is 0.336 e. The molecule has 0 saturated carbocycles. The van der Waals surface area contributed by atoms with Crippen molar-refractivity contribution in [3.63, 3.8) is 0 Å². The molecule has 3 rings (SSSR count). The van der Waals surface area contributed by atoms with Gasteiger partial charge in [-0.1, -0.05) is 0 Å². The predicted octanol–water partition coefficient (Wildman–Crippen LogP) is 0.538. The number of aliphatic hydroxyl groups is 1. The van der Waals surface area contributed by atoms with Crippen LogP contribution in [0.15, 0.2) is 35.5 Å². The molecule has 0 spiro atoms. The Morgan fingerprint density at radius 3 is 2.23 bits per heavy atom. The molecule has 1 amide bonds. The van der Waals surface area contributed by atoms with E-state index in [2.05, 4.69) is 10.1 Å². The molecule has 1 unspecified atom stereocenters.